The minimum Gasteiger partial charge on any atom is -0.0622 e. The summed E-state index contributed by atoms with van der Waals surface area (Å²) in [5.74, 6) is 0. The lowest BCUT2D eigenvalue weighted by molar-refractivity contribution is 1.54. The highest BCUT2D eigenvalue weighted by atomic mass is 14.3. The molecule has 6 rings (SSSR count). The zero-order chi connectivity index (χ0) is 19.4. The molecule has 0 saturated carbocycles. The first-order valence-electron chi connectivity index (χ1n) is 10.1. The van der Waals surface area contributed by atoms with Crippen molar-refractivity contribution in [2.45, 2.75) is 6.92 Å². The number of fused-ring (bicyclic) bond motifs is 3. The van der Waals surface area contributed by atoms with Gasteiger partial charge in [0.05, 0.1) is 0 Å². The Morgan fingerprint density at radius 3 is 1.52 bits per heavy atom. The summed E-state index contributed by atoms with van der Waals surface area (Å²) in [7, 11) is 0. The second-order valence-corrected chi connectivity index (χ2v) is 7.80. The molecule has 0 heterocycles. The predicted octanol–water partition coefficient (Wildman–Crippen LogP) is 8.13. The van der Waals surface area contributed by atoms with E-state index in [1.165, 1.54) is 60.8 Å². The summed E-state index contributed by atoms with van der Waals surface area (Å²) >= 11 is 0. The van der Waals surface area contributed by atoms with Gasteiger partial charge >= 0.3 is 0 Å². The Labute approximate surface area is 171 Å². The fourth-order valence-corrected chi connectivity index (χ4v) is 4.85. The first-order chi connectivity index (χ1) is 14.3. The van der Waals surface area contributed by atoms with Crippen molar-refractivity contribution >= 4 is 10.8 Å². The molecule has 0 spiro atoms. The van der Waals surface area contributed by atoms with Gasteiger partial charge < -0.3 is 0 Å². The van der Waals surface area contributed by atoms with Crippen LogP contribution in [0, 0.1) is 6.92 Å². The second kappa shape index (κ2) is 6.18. The van der Waals surface area contributed by atoms with E-state index >= 15 is 0 Å². The molecule has 1 aliphatic rings. The predicted molar refractivity (Wildman–Crippen MR) is 124 cm³/mol. The van der Waals surface area contributed by atoms with E-state index in [-0.39, 0.29) is 0 Å². The summed E-state index contributed by atoms with van der Waals surface area (Å²) in [5.41, 5.74) is 11.9. The van der Waals surface area contributed by atoms with E-state index < -0.39 is 0 Å². The van der Waals surface area contributed by atoms with Crippen LogP contribution in [0.15, 0.2) is 103 Å². The standard InChI is InChI=1S/C29H20/c1-19-15-16-26-27-22(19)13-8-14-25(27)28-23(20-9-4-2-5-10-20)17-18-24(29(26)28)21-11-6-3-7-12-21/h2-18H,1H3. The van der Waals surface area contributed by atoms with Crippen LogP contribution >= 0.6 is 0 Å². The normalized spacial score (nSPS) is 11.6. The minimum absolute atomic E-state index is 1.27. The largest absolute Gasteiger partial charge is 0.0622 e. The number of aryl methyl sites for hydroxylation is 1. The third kappa shape index (κ3) is 2.33. The Bertz CT molecular complexity index is 1300. The second-order valence-electron chi connectivity index (χ2n) is 7.80. The van der Waals surface area contributed by atoms with Gasteiger partial charge in [0.1, 0.15) is 0 Å². The van der Waals surface area contributed by atoms with Gasteiger partial charge in [-0.15, -0.1) is 0 Å². The van der Waals surface area contributed by atoms with Crippen LogP contribution in [0.1, 0.15) is 5.56 Å². The summed E-state index contributed by atoms with van der Waals surface area (Å²) in [6.07, 6.45) is 0. The molecule has 136 valence electrons. The molecule has 0 aromatic heterocycles. The molecule has 0 heteroatoms. The van der Waals surface area contributed by atoms with Crippen LogP contribution in [0.25, 0.3) is 55.3 Å². The fourth-order valence-electron chi connectivity index (χ4n) is 4.85. The lowest BCUT2D eigenvalue weighted by Gasteiger charge is -2.15. The molecule has 0 nitrogen and oxygen atoms in total. The molecule has 0 fully saturated rings. The van der Waals surface area contributed by atoms with Crippen molar-refractivity contribution in [3.63, 3.8) is 0 Å². The van der Waals surface area contributed by atoms with Crippen molar-refractivity contribution < 1.29 is 0 Å². The Kier molecular flexibility index (Phi) is 3.48. The van der Waals surface area contributed by atoms with Crippen molar-refractivity contribution in [1.29, 1.82) is 0 Å². The maximum atomic E-state index is 2.31. The zero-order valence-electron chi connectivity index (χ0n) is 16.3. The van der Waals surface area contributed by atoms with Gasteiger partial charge in [-0.25, -0.2) is 0 Å². The van der Waals surface area contributed by atoms with Crippen LogP contribution in [0.3, 0.4) is 0 Å². The molecule has 0 unspecified atom stereocenters. The molecule has 0 amide bonds. The summed E-state index contributed by atoms with van der Waals surface area (Å²) in [5, 5.41) is 2.75. The van der Waals surface area contributed by atoms with E-state index in [1.54, 1.807) is 0 Å². The summed E-state index contributed by atoms with van der Waals surface area (Å²) in [6.45, 7) is 2.21. The number of rotatable bonds is 2. The van der Waals surface area contributed by atoms with Gasteiger partial charge in [-0.2, -0.15) is 0 Å². The van der Waals surface area contributed by atoms with Gasteiger partial charge in [0.25, 0.3) is 0 Å². The first kappa shape index (κ1) is 16.3. The smallest absolute Gasteiger partial charge is 0.00139 e. The quantitative estimate of drug-likeness (QED) is 0.289. The summed E-state index contributed by atoms with van der Waals surface area (Å²) < 4.78 is 0. The lowest BCUT2D eigenvalue weighted by Crippen LogP contribution is -1.89. The molecule has 0 saturated heterocycles. The molecule has 0 radical (unpaired) electrons. The lowest BCUT2D eigenvalue weighted by atomic mass is 9.88. The zero-order valence-corrected chi connectivity index (χ0v) is 16.3. The van der Waals surface area contributed by atoms with E-state index in [0.29, 0.717) is 0 Å². The molecular weight excluding hydrogens is 348 g/mol. The van der Waals surface area contributed by atoms with E-state index in [9.17, 15) is 0 Å². The van der Waals surface area contributed by atoms with Crippen LogP contribution in [0.5, 0.6) is 0 Å². The van der Waals surface area contributed by atoms with E-state index in [4.69, 9.17) is 0 Å². The molecule has 0 N–H and O–H groups in total. The topological polar surface area (TPSA) is 0 Å². The van der Waals surface area contributed by atoms with Gasteiger partial charge in [0.2, 0.25) is 0 Å². The summed E-state index contributed by atoms with van der Waals surface area (Å²) in [4.78, 5) is 0. The number of hydrogen-bond acceptors (Lipinski definition) is 0. The monoisotopic (exact) mass is 368 g/mol. The van der Waals surface area contributed by atoms with Crippen LogP contribution in [0.4, 0.5) is 0 Å². The molecule has 0 aliphatic heterocycles. The maximum Gasteiger partial charge on any atom is -0.00139 e. The number of benzene rings is 5. The first-order valence-corrected chi connectivity index (χ1v) is 10.1. The van der Waals surface area contributed by atoms with Crippen molar-refractivity contribution in [3.8, 4) is 44.5 Å². The molecule has 1 aliphatic carbocycles. The average Bonchev–Trinajstić information content (AvgIpc) is 3.13. The maximum absolute atomic E-state index is 2.31. The molecule has 0 bridgehead atoms. The van der Waals surface area contributed by atoms with Gasteiger partial charge in [-0.1, -0.05) is 103 Å². The van der Waals surface area contributed by atoms with Gasteiger partial charge in [-0.3, -0.25) is 0 Å². The van der Waals surface area contributed by atoms with Crippen molar-refractivity contribution in [2.75, 3.05) is 0 Å². The molecule has 5 aromatic carbocycles. The minimum atomic E-state index is 1.27. The van der Waals surface area contributed by atoms with Crippen molar-refractivity contribution in [2.24, 2.45) is 0 Å². The van der Waals surface area contributed by atoms with Gasteiger partial charge in [-0.05, 0) is 67.8 Å². The highest BCUT2D eigenvalue weighted by Crippen LogP contribution is 2.54. The van der Waals surface area contributed by atoms with Gasteiger partial charge in [0, 0.05) is 0 Å². The Hall–Kier alpha value is -3.64. The number of hydrogen-bond donors (Lipinski definition) is 0. The van der Waals surface area contributed by atoms with Crippen LogP contribution in [-0.4, -0.2) is 0 Å². The van der Waals surface area contributed by atoms with Gasteiger partial charge in [0.15, 0.2) is 0 Å². The molecular formula is C29H20. The SMILES string of the molecule is Cc1ccc2c3c(cccc13)-c1c(-c3ccccc3)ccc(-c3ccccc3)c1-2. The average molecular weight is 368 g/mol. The van der Waals surface area contributed by atoms with E-state index in [1.807, 2.05) is 0 Å². The van der Waals surface area contributed by atoms with Crippen LogP contribution in [-0.2, 0) is 0 Å². The Morgan fingerprint density at radius 1 is 0.414 bits per heavy atom. The highest BCUT2D eigenvalue weighted by molar-refractivity contribution is 6.21. The van der Waals surface area contributed by atoms with E-state index in [0.717, 1.165) is 0 Å². The molecule has 0 atom stereocenters. The van der Waals surface area contributed by atoms with E-state index in [2.05, 4.69) is 110 Å². The van der Waals surface area contributed by atoms with Crippen LogP contribution < -0.4 is 0 Å². The fraction of sp³-hybridized carbons (Fsp3) is 0.0345. The molecule has 29 heavy (non-hydrogen) atoms. The Morgan fingerprint density at radius 2 is 0.931 bits per heavy atom. The third-order valence-corrected chi connectivity index (χ3v) is 6.17. The highest BCUT2D eigenvalue weighted by Gasteiger charge is 2.27. The summed E-state index contributed by atoms with van der Waals surface area (Å²) in [6, 6.07) is 37.5. The van der Waals surface area contributed by atoms with Crippen LogP contribution in [0.2, 0.25) is 0 Å². The van der Waals surface area contributed by atoms with Crippen molar-refractivity contribution in [3.05, 3.63) is 109 Å². The van der Waals surface area contributed by atoms with Crippen molar-refractivity contribution in [1.82, 2.24) is 0 Å². The third-order valence-electron chi connectivity index (χ3n) is 6.17. The molecule has 5 aromatic rings. The Balaban J connectivity index is 1.78.